The summed E-state index contributed by atoms with van der Waals surface area (Å²) in [6.45, 7) is 1.86. The topological polar surface area (TPSA) is 84.6 Å². The van der Waals surface area contributed by atoms with Crippen LogP contribution in [0.15, 0.2) is 42.2 Å². The van der Waals surface area contributed by atoms with Gasteiger partial charge in [-0.3, -0.25) is 4.79 Å². The van der Waals surface area contributed by atoms with Crippen molar-refractivity contribution in [1.82, 2.24) is 5.32 Å². The standard InChI is InChI=1S/C18H18Br4N2O3/c1-8(10-6-11(19)16(25)12(20)7-10)24-18(26)15(23)5-9-3-13(21)17(27-2)14(22)4-9/h3-4,6-8,15,25H,5,23H2,1-2H3,(H,24,26). The molecule has 0 spiro atoms. The number of carbonyl (C=O) groups excluding carboxylic acids is 1. The van der Waals surface area contributed by atoms with E-state index in [1.807, 2.05) is 19.1 Å². The van der Waals surface area contributed by atoms with Gasteiger partial charge in [-0.2, -0.15) is 0 Å². The molecule has 9 heteroatoms. The Kier molecular flexibility index (Phi) is 8.18. The summed E-state index contributed by atoms with van der Waals surface area (Å²) in [5, 5.41) is 12.7. The number of nitrogens with one attached hydrogen (secondary N) is 1. The van der Waals surface area contributed by atoms with Crippen molar-refractivity contribution < 1.29 is 14.6 Å². The Morgan fingerprint density at radius 2 is 1.63 bits per heavy atom. The van der Waals surface area contributed by atoms with Crippen LogP contribution < -0.4 is 15.8 Å². The molecule has 0 aliphatic carbocycles. The Morgan fingerprint density at radius 3 is 2.11 bits per heavy atom. The molecule has 1 amide bonds. The van der Waals surface area contributed by atoms with Gasteiger partial charge in [0.05, 0.1) is 37.1 Å². The van der Waals surface area contributed by atoms with Crippen LogP contribution in [0.3, 0.4) is 0 Å². The number of hydrogen-bond donors (Lipinski definition) is 3. The van der Waals surface area contributed by atoms with Crippen LogP contribution in [0.25, 0.3) is 0 Å². The lowest BCUT2D eigenvalue weighted by atomic mass is 10.0. The first kappa shape index (κ1) is 22.7. The lowest BCUT2D eigenvalue weighted by Crippen LogP contribution is -2.43. The van der Waals surface area contributed by atoms with E-state index in [1.54, 1.807) is 19.2 Å². The summed E-state index contributed by atoms with van der Waals surface area (Å²) in [6.07, 6.45) is 0.378. The predicted molar refractivity (Wildman–Crippen MR) is 120 cm³/mol. The van der Waals surface area contributed by atoms with E-state index in [-0.39, 0.29) is 17.7 Å². The molecule has 5 nitrogen and oxygen atoms in total. The average molecular weight is 630 g/mol. The van der Waals surface area contributed by atoms with Crippen LogP contribution >= 0.6 is 63.7 Å². The normalized spacial score (nSPS) is 13.1. The molecule has 0 aliphatic heterocycles. The Labute approximate surface area is 191 Å². The zero-order valence-electron chi connectivity index (χ0n) is 14.5. The van der Waals surface area contributed by atoms with Crippen molar-refractivity contribution in [3.05, 3.63) is 53.3 Å². The van der Waals surface area contributed by atoms with Gasteiger partial charge in [-0.1, -0.05) is 0 Å². The van der Waals surface area contributed by atoms with E-state index in [9.17, 15) is 9.90 Å². The molecule has 0 fully saturated rings. The summed E-state index contributed by atoms with van der Waals surface area (Å²) in [5.74, 6) is 0.546. The first-order valence-electron chi connectivity index (χ1n) is 7.89. The third kappa shape index (κ3) is 5.69. The van der Waals surface area contributed by atoms with Crippen molar-refractivity contribution in [3.8, 4) is 11.5 Å². The highest BCUT2D eigenvalue weighted by Crippen LogP contribution is 2.36. The second-order valence-electron chi connectivity index (χ2n) is 5.97. The number of benzene rings is 2. The van der Waals surface area contributed by atoms with Gasteiger partial charge >= 0.3 is 0 Å². The average Bonchev–Trinajstić information content (AvgIpc) is 2.58. The number of phenols is 1. The van der Waals surface area contributed by atoms with Crippen molar-refractivity contribution in [3.63, 3.8) is 0 Å². The molecule has 2 atom stereocenters. The number of methoxy groups -OCH3 is 1. The SMILES string of the molecule is COc1c(Br)cc(CC(N)C(=O)NC(C)c2cc(Br)c(O)c(Br)c2)cc1Br. The van der Waals surface area contributed by atoms with Gasteiger partial charge in [0, 0.05) is 0 Å². The van der Waals surface area contributed by atoms with Crippen molar-refractivity contribution in [2.45, 2.75) is 25.4 Å². The zero-order chi connectivity index (χ0) is 20.3. The maximum absolute atomic E-state index is 12.5. The predicted octanol–water partition coefficient (Wildman–Crippen LogP) is 5.20. The second kappa shape index (κ2) is 9.73. The quantitative estimate of drug-likeness (QED) is 0.410. The highest BCUT2D eigenvalue weighted by atomic mass is 79.9. The molecule has 2 aromatic carbocycles. The number of aromatic hydroxyl groups is 1. The number of carbonyl (C=O) groups is 1. The Balaban J connectivity index is 2.07. The van der Waals surface area contributed by atoms with Crippen LogP contribution in [0.2, 0.25) is 0 Å². The number of phenolic OH excluding ortho intramolecular Hbond substituents is 1. The van der Waals surface area contributed by atoms with Crippen LogP contribution in [0.5, 0.6) is 11.5 Å². The summed E-state index contributed by atoms with van der Waals surface area (Å²) in [4.78, 5) is 12.5. The van der Waals surface area contributed by atoms with Crippen molar-refractivity contribution in [2.24, 2.45) is 5.73 Å². The van der Waals surface area contributed by atoms with Crippen LogP contribution in [0.1, 0.15) is 24.1 Å². The summed E-state index contributed by atoms with van der Waals surface area (Å²) in [6, 6.07) is 6.31. The van der Waals surface area contributed by atoms with Gasteiger partial charge in [0.1, 0.15) is 11.5 Å². The van der Waals surface area contributed by atoms with Gasteiger partial charge in [0.2, 0.25) is 5.91 Å². The molecule has 2 rings (SSSR count). The lowest BCUT2D eigenvalue weighted by molar-refractivity contribution is -0.123. The van der Waals surface area contributed by atoms with Crippen LogP contribution in [0, 0.1) is 0 Å². The Morgan fingerprint density at radius 1 is 1.11 bits per heavy atom. The van der Waals surface area contributed by atoms with E-state index in [0.717, 1.165) is 20.1 Å². The van der Waals surface area contributed by atoms with Gasteiger partial charge in [-0.05, 0) is 112 Å². The second-order valence-corrected chi connectivity index (χ2v) is 9.38. The summed E-state index contributed by atoms with van der Waals surface area (Å²) in [5.41, 5.74) is 7.84. The van der Waals surface area contributed by atoms with Crippen LogP contribution in [0.4, 0.5) is 0 Å². The van der Waals surface area contributed by atoms with E-state index in [4.69, 9.17) is 10.5 Å². The maximum Gasteiger partial charge on any atom is 0.237 e. The minimum atomic E-state index is -0.705. The first-order valence-corrected chi connectivity index (χ1v) is 11.1. The van der Waals surface area contributed by atoms with Crippen LogP contribution in [-0.4, -0.2) is 24.2 Å². The van der Waals surface area contributed by atoms with Crippen molar-refractivity contribution in [1.29, 1.82) is 0 Å². The Hall–Kier alpha value is -0.610. The van der Waals surface area contributed by atoms with Crippen molar-refractivity contribution >= 4 is 69.6 Å². The third-order valence-corrected chi connectivity index (χ3v) is 6.34. The van der Waals surface area contributed by atoms with Gasteiger partial charge < -0.3 is 20.9 Å². The van der Waals surface area contributed by atoms with E-state index >= 15 is 0 Å². The maximum atomic E-state index is 12.5. The van der Waals surface area contributed by atoms with Gasteiger partial charge in [0.25, 0.3) is 0 Å². The zero-order valence-corrected chi connectivity index (χ0v) is 20.9. The van der Waals surface area contributed by atoms with Crippen molar-refractivity contribution in [2.75, 3.05) is 7.11 Å². The minimum absolute atomic E-state index is 0.115. The Bertz CT molecular complexity index is 814. The third-order valence-electron chi connectivity index (χ3n) is 3.95. The monoisotopic (exact) mass is 626 g/mol. The molecule has 0 aromatic heterocycles. The summed E-state index contributed by atoms with van der Waals surface area (Å²) >= 11 is 13.5. The fraction of sp³-hybridized carbons (Fsp3) is 0.278. The number of halogens is 4. The molecular formula is C18H18Br4N2O3. The number of hydrogen-bond acceptors (Lipinski definition) is 4. The highest BCUT2D eigenvalue weighted by Gasteiger charge is 2.19. The molecule has 0 heterocycles. The fourth-order valence-corrected chi connectivity index (χ4v) is 5.34. The highest BCUT2D eigenvalue weighted by molar-refractivity contribution is 9.11. The smallest absolute Gasteiger partial charge is 0.237 e. The molecule has 0 saturated carbocycles. The lowest BCUT2D eigenvalue weighted by Gasteiger charge is -2.19. The number of nitrogens with two attached hydrogens (primary N) is 1. The molecule has 146 valence electrons. The van der Waals surface area contributed by atoms with Crippen LogP contribution in [-0.2, 0) is 11.2 Å². The summed E-state index contributed by atoms with van der Waals surface area (Å²) < 4.78 is 7.95. The largest absolute Gasteiger partial charge is 0.506 e. The number of ether oxygens (including phenoxy) is 1. The molecule has 0 radical (unpaired) electrons. The van der Waals surface area contributed by atoms with E-state index in [2.05, 4.69) is 69.0 Å². The molecule has 4 N–H and O–H groups in total. The first-order chi connectivity index (χ1) is 12.6. The molecule has 0 saturated heterocycles. The summed E-state index contributed by atoms with van der Waals surface area (Å²) in [7, 11) is 1.59. The molecular weight excluding hydrogens is 612 g/mol. The molecule has 2 aromatic rings. The van der Waals surface area contributed by atoms with E-state index in [0.29, 0.717) is 21.1 Å². The number of amides is 1. The minimum Gasteiger partial charge on any atom is -0.506 e. The molecule has 0 aliphatic rings. The van der Waals surface area contributed by atoms with E-state index in [1.165, 1.54) is 0 Å². The van der Waals surface area contributed by atoms with E-state index < -0.39 is 6.04 Å². The van der Waals surface area contributed by atoms with Gasteiger partial charge in [0.15, 0.2) is 0 Å². The van der Waals surface area contributed by atoms with Gasteiger partial charge in [-0.15, -0.1) is 0 Å². The number of rotatable bonds is 6. The molecule has 2 unspecified atom stereocenters. The van der Waals surface area contributed by atoms with Gasteiger partial charge in [-0.25, -0.2) is 0 Å². The molecule has 27 heavy (non-hydrogen) atoms. The fourth-order valence-electron chi connectivity index (χ4n) is 2.51. The molecule has 0 bridgehead atoms.